The highest BCUT2D eigenvalue weighted by molar-refractivity contribution is 7.90. The van der Waals surface area contributed by atoms with Gasteiger partial charge in [-0.05, 0) is 37.3 Å². The summed E-state index contributed by atoms with van der Waals surface area (Å²) in [7, 11) is -3.43. The Labute approximate surface area is 218 Å². The van der Waals surface area contributed by atoms with Gasteiger partial charge in [-0.2, -0.15) is 4.99 Å². The second-order valence-corrected chi connectivity index (χ2v) is 11.6. The molecule has 0 aliphatic heterocycles. The van der Waals surface area contributed by atoms with Crippen LogP contribution in [-0.4, -0.2) is 47.0 Å². The number of amides is 1. The van der Waals surface area contributed by atoms with Crippen molar-refractivity contribution in [3.63, 3.8) is 0 Å². The second-order valence-electron chi connectivity index (χ2n) is 7.85. The Morgan fingerprint density at radius 3 is 2.25 bits per heavy atom. The Hall–Kier alpha value is -3.25. The summed E-state index contributed by atoms with van der Waals surface area (Å²) in [5.74, 6) is -2.22. The van der Waals surface area contributed by atoms with Crippen LogP contribution >= 0.6 is 34.5 Å². The number of aryl methyl sites for hydroxylation is 1. The van der Waals surface area contributed by atoms with Crippen LogP contribution in [0.4, 0.5) is 0 Å². The van der Waals surface area contributed by atoms with E-state index in [1.54, 1.807) is 6.92 Å². The van der Waals surface area contributed by atoms with E-state index in [2.05, 4.69) is 9.98 Å². The molecule has 4 aromatic rings. The first-order chi connectivity index (χ1) is 16.9. The Bertz CT molecular complexity index is 1730. The highest BCUT2D eigenvalue weighted by Gasteiger charge is 2.20. The fourth-order valence-electron chi connectivity index (χ4n) is 3.43. The zero-order chi connectivity index (χ0) is 26.4. The van der Waals surface area contributed by atoms with E-state index < -0.39 is 21.7 Å². The molecule has 0 atom stereocenters. The molecule has 186 valence electrons. The Kier molecular flexibility index (Phi) is 6.93. The highest BCUT2D eigenvalue weighted by atomic mass is 35.5. The molecule has 36 heavy (non-hydrogen) atoms. The molecule has 2 aromatic heterocycles. The lowest BCUT2D eigenvalue weighted by molar-refractivity contribution is 0.0696. The van der Waals surface area contributed by atoms with E-state index in [0.29, 0.717) is 15.9 Å². The van der Waals surface area contributed by atoms with E-state index >= 15 is 0 Å². The third-order valence-corrected chi connectivity index (χ3v) is 8.42. The normalized spacial score (nSPS) is 12.3. The van der Waals surface area contributed by atoms with Crippen LogP contribution < -0.4 is 4.80 Å². The molecular formula is C23H17Cl2N3O6S2. The quantitative estimate of drug-likeness (QED) is 0.333. The molecule has 0 spiro atoms. The molecule has 0 bridgehead atoms. The molecule has 2 N–H and O–H groups in total. The number of benzene rings is 2. The number of rotatable bonds is 6. The van der Waals surface area contributed by atoms with E-state index in [1.807, 2.05) is 0 Å². The number of hydrogen-bond acceptors (Lipinski definition) is 6. The van der Waals surface area contributed by atoms with E-state index in [4.69, 9.17) is 23.2 Å². The fourth-order valence-corrected chi connectivity index (χ4v) is 5.54. The monoisotopic (exact) mass is 565 g/mol. The second kappa shape index (κ2) is 9.66. The third kappa shape index (κ3) is 5.00. The van der Waals surface area contributed by atoms with E-state index in [0.717, 1.165) is 17.6 Å². The zero-order valence-corrected chi connectivity index (χ0v) is 21.8. The first kappa shape index (κ1) is 25.8. The number of ketones is 1. The number of carbonyl (C=O) groups is 3. The van der Waals surface area contributed by atoms with Gasteiger partial charge in [0.25, 0.3) is 5.91 Å². The highest BCUT2D eigenvalue weighted by Crippen LogP contribution is 2.29. The van der Waals surface area contributed by atoms with Gasteiger partial charge >= 0.3 is 5.97 Å². The van der Waals surface area contributed by atoms with Crippen molar-refractivity contribution in [2.45, 2.75) is 18.4 Å². The number of carbonyl (C=O) groups excluding carboxylic acids is 2. The zero-order valence-electron chi connectivity index (χ0n) is 18.7. The van der Waals surface area contributed by atoms with Gasteiger partial charge in [0.05, 0.1) is 37.3 Å². The number of carboxylic acids is 1. The van der Waals surface area contributed by atoms with Crippen molar-refractivity contribution >= 4 is 72.3 Å². The maximum Gasteiger partial charge on any atom is 0.335 e. The fraction of sp³-hybridized carbons (Fsp3) is 0.130. The van der Waals surface area contributed by atoms with Crippen molar-refractivity contribution in [2.75, 3.05) is 6.26 Å². The van der Waals surface area contributed by atoms with Gasteiger partial charge in [-0.15, -0.1) is 0 Å². The van der Waals surface area contributed by atoms with Crippen molar-refractivity contribution in [3.8, 4) is 0 Å². The van der Waals surface area contributed by atoms with Crippen LogP contribution in [0.3, 0.4) is 0 Å². The van der Waals surface area contributed by atoms with Gasteiger partial charge in [0.2, 0.25) is 0 Å². The lowest BCUT2D eigenvalue weighted by Crippen LogP contribution is -2.22. The molecule has 0 radical (unpaired) electrons. The standard InChI is InChI=1S/C23H17Cl2N3O6S2/c1-11-18(24)19(25)20(26-11)21(30)27-23-28(15-8-5-13(22(31)32)9-17(15)35-23)10-16(29)12-3-6-14(7-4-12)36(2,33)34/h3-9,26H,10H2,1-2H3,(H,31,32). The van der Waals surface area contributed by atoms with E-state index in [-0.39, 0.29) is 48.9 Å². The number of carboxylic acid groups (broad SMARTS) is 1. The third-order valence-electron chi connectivity index (χ3n) is 5.30. The van der Waals surface area contributed by atoms with E-state index in [9.17, 15) is 27.9 Å². The number of fused-ring (bicyclic) bond motifs is 1. The molecule has 0 saturated heterocycles. The summed E-state index contributed by atoms with van der Waals surface area (Å²) in [5, 5.41) is 9.55. The number of hydrogen-bond donors (Lipinski definition) is 2. The van der Waals surface area contributed by atoms with Crippen molar-refractivity contribution in [1.29, 1.82) is 0 Å². The predicted molar refractivity (Wildman–Crippen MR) is 136 cm³/mol. The summed E-state index contributed by atoms with van der Waals surface area (Å²) < 4.78 is 25.4. The summed E-state index contributed by atoms with van der Waals surface area (Å²) in [4.78, 5) is 44.5. The van der Waals surface area contributed by atoms with Gasteiger partial charge in [-0.25, -0.2) is 13.2 Å². The number of aromatic amines is 1. The summed E-state index contributed by atoms with van der Waals surface area (Å²) in [5.41, 5.74) is 1.25. The number of aromatic nitrogens is 2. The largest absolute Gasteiger partial charge is 0.478 e. The molecule has 0 unspecified atom stereocenters. The molecular weight excluding hydrogens is 549 g/mol. The lowest BCUT2D eigenvalue weighted by atomic mass is 10.1. The van der Waals surface area contributed by atoms with Gasteiger partial charge in [0.1, 0.15) is 5.69 Å². The van der Waals surface area contributed by atoms with Crippen molar-refractivity contribution in [1.82, 2.24) is 9.55 Å². The van der Waals surface area contributed by atoms with Crippen LogP contribution in [0.1, 0.15) is 36.9 Å². The number of thiazole rings is 1. The Balaban J connectivity index is 1.81. The van der Waals surface area contributed by atoms with Gasteiger partial charge < -0.3 is 14.7 Å². The number of H-pyrrole nitrogens is 1. The minimum absolute atomic E-state index is 0.0166. The summed E-state index contributed by atoms with van der Waals surface area (Å²) in [6.45, 7) is 1.40. The van der Waals surface area contributed by atoms with Gasteiger partial charge in [-0.1, -0.05) is 46.7 Å². The maximum absolute atomic E-state index is 13.1. The Morgan fingerprint density at radius 2 is 1.69 bits per heavy atom. The minimum atomic E-state index is -3.43. The van der Waals surface area contributed by atoms with Crippen LogP contribution in [0, 0.1) is 6.92 Å². The molecule has 0 aliphatic rings. The van der Waals surface area contributed by atoms with Gasteiger partial charge in [0, 0.05) is 17.5 Å². The first-order valence-corrected chi connectivity index (χ1v) is 13.7. The number of sulfone groups is 1. The molecule has 2 aromatic carbocycles. The Morgan fingerprint density at radius 1 is 1.06 bits per heavy atom. The molecule has 0 aliphatic carbocycles. The van der Waals surface area contributed by atoms with Crippen LogP contribution in [0.2, 0.25) is 10.0 Å². The van der Waals surface area contributed by atoms with Crippen molar-refractivity contribution in [2.24, 2.45) is 4.99 Å². The lowest BCUT2D eigenvalue weighted by Gasteiger charge is -2.06. The molecule has 0 saturated carbocycles. The molecule has 2 heterocycles. The number of nitrogens with zero attached hydrogens (tertiary/aromatic N) is 2. The number of halogens is 2. The smallest absolute Gasteiger partial charge is 0.335 e. The molecule has 9 nitrogen and oxygen atoms in total. The molecule has 4 rings (SSSR count). The molecule has 1 amide bonds. The van der Waals surface area contributed by atoms with Gasteiger partial charge in [-0.3, -0.25) is 9.59 Å². The SMILES string of the molecule is Cc1[nH]c(C(=O)N=c2sc3cc(C(=O)O)ccc3n2CC(=O)c2ccc(S(C)(=O)=O)cc2)c(Cl)c1Cl. The topological polar surface area (TPSA) is 139 Å². The van der Waals surface area contributed by atoms with E-state index in [1.165, 1.54) is 47.0 Å². The number of Topliss-reactive ketones (excluding diaryl/α,β-unsaturated/α-hetero) is 1. The first-order valence-electron chi connectivity index (χ1n) is 10.2. The maximum atomic E-state index is 13.1. The average Bonchev–Trinajstić information content (AvgIpc) is 3.29. The minimum Gasteiger partial charge on any atom is -0.478 e. The summed E-state index contributed by atoms with van der Waals surface area (Å²) in [6, 6.07) is 9.83. The molecule has 0 fully saturated rings. The van der Waals surface area contributed by atoms with Crippen LogP contribution in [-0.2, 0) is 16.4 Å². The van der Waals surface area contributed by atoms with Crippen LogP contribution in [0.5, 0.6) is 0 Å². The molecule has 13 heteroatoms. The van der Waals surface area contributed by atoms with Crippen molar-refractivity contribution < 1.29 is 27.9 Å². The number of aromatic carboxylic acids is 1. The van der Waals surface area contributed by atoms with Crippen molar-refractivity contribution in [3.05, 3.63) is 79.8 Å². The summed E-state index contributed by atoms with van der Waals surface area (Å²) >= 11 is 13.2. The predicted octanol–water partition coefficient (Wildman–Crippen LogP) is 4.37. The van der Waals surface area contributed by atoms with Gasteiger partial charge in [0.15, 0.2) is 20.4 Å². The average molecular weight is 566 g/mol. The summed E-state index contributed by atoms with van der Waals surface area (Å²) in [6.07, 6.45) is 1.07. The number of nitrogens with one attached hydrogen (secondary N) is 1. The van der Waals surface area contributed by atoms with Crippen LogP contribution in [0.15, 0.2) is 52.4 Å². The van der Waals surface area contributed by atoms with Crippen LogP contribution in [0.25, 0.3) is 10.2 Å².